The second-order valence-electron chi connectivity index (χ2n) is 3.85. The van der Waals surface area contributed by atoms with Crippen LogP contribution in [0.3, 0.4) is 0 Å². The molecule has 0 spiro atoms. The van der Waals surface area contributed by atoms with Crippen LogP contribution in [0.15, 0.2) is 30.3 Å². The first-order chi connectivity index (χ1) is 9.01. The van der Waals surface area contributed by atoms with E-state index in [1.54, 1.807) is 31.2 Å². The van der Waals surface area contributed by atoms with Crippen LogP contribution in [0.5, 0.6) is 5.75 Å². The fourth-order valence-corrected chi connectivity index (χ4v) is 1.41. The van der Waals surface area contributed by atoms with E-state index in [0.29, 0.717) is 5.75 Å². The van der Waals surface area contributed by atoms with Gasteiger partial charge in [0.1, 0.15) is 12.0 Å². The van der Waals surface area contributed by atoms with E-state index in [0.717, 1.165) is 13.1 Å². The Hall–Kier alpha value is -1.59. The molecule has 0 aliphatic rings. The molecule has 0 aliphatic carbocycles. The number of nitrogens with zero attached hydrogens (tertiary/aromatic N) is 1. The van der Waals surface area contributed by atoms with Gasteiger partial charge >= 0.3 is 5.97 Å². The number of aliphatic hydroxyl groups is 1. The third-order valence-corrected chi connectivity index (χ3v) is 2.45. The molecule has 1 atom stereocenters. The van der Waals surface area contributed by atoms with Crippen molar-refractivity contribution in [3.8, 4) is 5.75 Å². The van der Waals surface area contributed by atoms with E-state index in [2.05, 4.69) is 0 Å². The Morgan fingerprint density at radius 2 is 1.79 bits per heavy atom. The number of carboxylic acids is 1. The van der Waals surface area contributed by atoms with E-state index in [9.17, 15) is 4.79 Å². The maximum atomic E-state index is 10.0. The highest BCUT2D eigenvalue weighted by atomic mass is 16.5. The Labute approximate surface area is 114 Å². The lowest BCUT2D eigenvalue weighted by Gasteiger charge is -2.20. The quantitative estimate of drug-likeness (QED) is 0.771. The van der Waals surface area contributed by atoms with Gasteiger partial charge in [0.2, 0.25) is 0 Å². The molecule has 19 heavy (non-hydrogen) atoms. The Morgan fingerprint density at radius 3 is 2.11 bits per heavy atom. The summed E-state index contributed by atoms with van der Waals surface area (Å²) >= 11 is 0. The molecule has 1 aromatic rings. The molecule has 108 valence electrons. The summed E-state index contributed by atoms with van der Waals surface area (Å²) in [7, 11) is 0. The SMILES string of the molecule is CCN(CC)C(C)O.O=C(O)COc1ccccc1. The van der Waals surface area contributed by atoms with Gasteiger partial charge < -0.3 is 14.9 Å². The number of aliphatic carboxylic acids is 1. The number of hydrogen-bond donors (Lipinski definition) is 2. The molecule has 5 nitrogen and oxygen atoms in total. The monoisotopic (exact) mass is 269 g/mol. The molecule has 1 aromatic carbocycles. The summed E-state index contributed by atoms with van der Waals surface area (Å²) in [5.74, 6) is -0.385. The van der Waals surface area contributed by atoms with Crippen LogP contribution in [0.25, 0.3) is 0 Å². The molecule has 0 bridgehead atoms. The largest absolute Gasteiger partial charge is 0.482 e. The predicted molar refractivity (Wildman–Crippen MR) is 74.2 cm³/mol. The summed E-state index contributed by atoms with van der Waals surface area (Å²) in [6, 6.07) is 8.84. The second kappa shape index (κ2) is 10.3. The summed E-state index contributed by atoms with van der Waals surface area (Å²) in [6.07, 6.45) is -0.287. The molecule has 2 N–H and O–H groups in total. The third kappa shape index (κ3) is 9.04. The molecule has 0 saturated heterocycles. The number of carboxylic acid groups (broad SMARTS) is 1. The lowest BCUT2D eigenvalue weighted by Crippen LogP contribution is -2.32. The van der Waals surface area contributed by atoms with E-state index < -0.39 is 5.97 Å². The number of rotatable bonds is 6. The van der Waals surface area contributed by atoms with Gasteiger partial charge in [-0.15, -0.1) is 0 Å². The van der Waals surface area contributed by atoms with E-state index in [-0.39, 0.29) is 12.8 Å². The highest BCUT2D eigenvalue weighted by molar-refractivity contribution is 5.68. The average molecular weight is 269 g/mol. The maximum Gasteiger partial charge on any atom is 0.341 e. The molecule has 0 amide bonds. The standard InChI is InChI=1S/C8H8O3.C6H15NO/c9-8(10)6-11-7-4-2-1-3-5-7;1-4-7(5-2)6(3)8/h1-5H,6H2,(H,9,10);6,8H,4-5H2,1-3H3. The number of ether oxygens (including phenoxy) is 1. The van der Waals surface area contributed by atoms with Crippen molar-refractivity contribution in [2.45, 2.75) is 27.0 Å². The minimum Gasteiger partial charge on any atom is -0.482 e. The van der Waals surface area contributed by atoms with Crippen LogP contribution >= 0.6 is 0 Å². The van der Waals surface area contributed by atoms with Crippen molar-refractivity contribution in [3.63, 3.8) is 0 Å². The van der Waals surface area contributed by atoms with Gasteiger partial charge in [-0.25, -0.2) is 4.79 Å². The van der Waals surface area contributed by atoms with Crippen LogP contribution in [0.1, 0.15) is 20.8 Å². The van der Waals surface area contributed by atoms with Crippen LogP contribution in [0, 0.1) is 0 Å². The van der Waals surface area contributed by atoms with E-state index in [4.69, 9.17) is 14.9 Å². The molecular formula is C14H23NO4. The van der Waals surface area contributed by atoms with Gasteiger partial charge in [-0.05, 0) is 32.1 Å². The molecule has 0 radical (unpaired) electrons. The van der Waals surface area contributed by atoms with Gasteiger partial charge in [0.05, 0.1) is 0 Å². The Morgan fingerprint density at radius 1 is 1.26 bits per heavy atom. The van der Waals surface area contributed by atoms with Crippen LogP contribution in [-0.4, -0.2) is 47.0 Å². The molecule has 0 saturated carbocycles. The van der Waals surface area contributed by atoms with Crippen molar-refractivity contribution in [1.82, 2.24) is 4.90 Å². The lowest BCUT2D eigenvalue weighted by atomic mass is 10.3. The zero-order chi connectivity index (χ0) is 14.7. The Kier molecular flexibility index (Phi) is 9.48. The van der Waals surface area contributed by atoms with Crippen molar-refractivity contribution >= 4 is 5.97 Å². The van der Waals surface area contributed by atoms with E-state index >= 15 is 0 Å². The Bertz CT molecular complexity index is 337. The summed E-state index contributed by atoms with van der Waals surface area (Å²) in [5.41, 5.74) is 0. The second-order valence-corrected chi connectivity index (χ2v) is 3.85. The summed E-state index contributed by atoms with van der Waals surface area (Å²) < 4.78 is 4.87. The molecule has 0 fully saturated rings. The number of hydrogen-bond acceptors (Lipinski definition) is 4. The first-order valence-electron chi connectivity index (χ1n) is 6.33. The molecule has 1 unspecified atom stereocenters. The van der Waals surface area contributed by atoms with Crippen molar-refractivity contribution in [1.29, 1.82) is 0 Å². The van der Waals surface area contributed by atoms with E-state index in [1.165, 1.54) is 0 Å². The highest BCUT2D eigenvalue weighted by Gasteiger charge is 2.02. The smallest absolute Gasteiger partial charge is 0.341 e. The third-order valence-electron chi connectivity index (χ3n) is 2.45. The zero-order valence-corrected chi connectivity index (χ0v) is 11.7. The van der Waals surface area contributed by atoms with Gasteiger partial charge in [0.15, 0.2) is 6.61 Å². The molecule has 5 heteroatoms. The molecule has 0 aromatic heterocycles. The van der Waals surface area contributed by atoms with Crippen LogP contribution in [-0.2, 0) is 4.79 Å². The van der Waals surface area contributed by atoms with Crippen molar-refractivity contribution in [2.24, 2.45) is 0 Å². The molecule has 1 rings (SSSR count). The van der Waals surface area contributed by atoms with Crippen molar-refractivity contribution in [2.75, 3.05) is 19.7 Å². The summed E-state index contributed by atoms with van der Waals surface area (Å²) in [4.78, 5) is 12.0. The lowest BCUT2D eigenvalue weighted by molar-refractivity contribution is -0.139. The normalized spacial score (nSPS) is 11.4. The number of benzene rings is 1. The zero-order valence-electron chi connectivity index (χ0n) is 11.7. The fourth-order valence-electron chi connectivity index (χ4n) is 1.41. The topological polar surface area (TPSA) is 70.0 Å². The minimum atomic E-state index is -0.964. The number of aliphatic hydroxyl groups excluding tert-OH is 1. The first-order valence-corrected chi connectivity index (χ1v) is 6.33. The van der Waals surface area contributed by atoms with E-state index in [1.807, 2.05) is 24.8 Å². The predicted octanol–water partition coefficient (Wildman–Crippen LogP) is 1.82. The van der Waals surface area contributed by atoms with Gasteiger partial charge in [-0.1, -0.05) is 32.0 Å². The summed E-state index contributed by atoms with van der Waals surface area (Å²) in [6.45, 7) is 7.42. The fraction of sp³-hybridized carbons (Fsp3) is 0.500. The highest BCUT2D eigenvalue weighted by Crippen LogP contribution is 2.07. The van der Waals surface area contributed by atoms with Crippen molar-refractivity contribution < 1.29 is 19.7 Å². The van der Waals surface area contributed by atoms with Crippen molar-refractivity contribution in [3.05, 3.63) is 30.3 Å². The van der Waals surface area contributed by atoms with Crippen LogP contribution in [0.2, 0.25) is 0 Å². The molecule has 0 aliphatic heterocycles. The van der Waals surface area contributed by atoms with Gasteiger partial charge in [-0.3, -0.25) is 4.90 Å². The van der Waals surface area contributed by atoms with Gasteiger partial charge in [-0.2, -0.15) is 0 Å². The molecular weight excluding hydrogens is 246 g/mol. The molecule has 0 heterocycles. The maximum absolute atomic E-state index is 10.0. The number of para-hydroxylation sites is 1. The Balaban J connectivity index is 0.000000362. The van der Waals surface area contributed by atoms with Gasteiger partial charge in [0.25, 0.3) is 0 Å². The van der Waals surface area contributed by atoms with Crippen LogP contribution in [0.4, 0.5) is 0 Å². The average Bonchev–Trinajstić information content (AvgIpc) is 2.39. The van der Waals surface area contributed by atoms with Gasteiger partial charge in [0, 0.05) is 0 Å². The van der Waals surface area contributed by atoms with Crippen LogP contribution < -0.4 is 4.74 Å². The first kappa shape index (κ1) is 17.4. The minimum absolute atomic E-state index is 0.287. The summed E-state index contributed by atoms with van der Waals surface area (Å²) in [5, 5.41) is 17.2. The number of carbonyl (C=O) groups is 1.